The zero-order valence-electron chi connectivity index (χ0n) is 8.82. The fraction of sp³-hybridized carbons (Fsp3) is 0.200. The predicted octanol–water partition coefficient (Wildman–Crippen LogP) is 1.93. The molecule has 0 unspecified atom stereocenters. The van der Waals surface area contributed by atoms with Gasteiger partial charge >= 0.3 is 5.97 Å². The lowest BCUT2D eigenvalue weighted by Gasteiger charge is -2.03. The van der Waals surface area contributed by atoms with E-state index in [0.29, 0.717) is 11.3 Å². The van der Waals surface area contributed by atoms with Gasteiger partial charge in [0, 0.05) is 4.91 Å². The number of rotatable bonds is 4. The van der Waals surface area contributed by atoms with Gasteiger partial charge in [-0.15, -0.1) is 0 Å². The molecule has 0 saturated carbocycles. The fourth-order valence-corrected chi connectivity index (χ4v) is 1.65. The molecule has 2 aromatic rings. The van der Waals surface area contributed by atoms with Crippen molar-refractivity contribution < 1.29 is 9.90 Å². The van der Waals surface area contributed by atoms with E-state index in [9.17, 15) is 4.79 Å². The standard InChI is InChI=1S/C10H9N5O2/c11-14-12-5-9-13-7-3-1-2-4-8(7)15(9)6-10(16)17/h1-4H,5-6H2,(H,16,17). The molecule has 0 aliphatic heterocycles. The van der Waals surface area contributed by atoms with Crippen LogP contribution < -0.4 is 0 Å². The van der Waals surface area contributed by atoms with E-state index in [1.54, 1.807) is 18.2 Å². The molecule has 1 N–H and O–H groups in total. The molecule has 0 aliphatic carbocycles. The number of carboxylic acids is 1. The van der Waals surface area contributed by atoms with Crippen molar-refractivity contribution in [1.82, 2.24) is 9.55 Å². The van der Waals surface area contributed by atoms with Crippen LogP contribution in [0.5, 0.6) is 0 Å². The Hall–Kier alpha value is -2.53. The number of aliphatic carboxylic acids is 1. The van der Waals surface area contributed by atoms with Crippen LogP contribution in [0.2, 0.25) is 0 Å². The zero-order chi connectivity index (χ0) is 12.3. The van der Waals surface area contributed by atoms with E-state index in [2.05, 4.69) is 15.0 Å². The Balaban J connectivity index is 2.55. The number of benzene rings is 1. The van der Waals surface area contributed by atoms with E-state index in [-0.39, 0.29) is 13.1 Å². The molecule has 0 atom stereocenters. The Morgan fingerprint density at radius 3 is 3.00 bits per heavy atom. The fourth-order valence-electron chi connectivity index (χ4n) is 1.65. The average Bonchev–Trinajstić information content (AvgIpc) is 2.64. The molecule has 1 aromatic heterocycles. The molecule has 0 radical (unpaired) electrons. The lowest BCUT2D eigenvalue weighted by Crippen LogP contribution is -2.11. The zero-order valence-corrected chi connectivity index (χ0v) is 8.82. The summed E-state index contributed by atoms with van der Waals surface area (Å²) in [4.78, 5) is 17.7. The third-order valence-corrected chi connectivity index (χ3v) is 2.30. The maximum atomic E-state index is 10.8. The second-order valence-corrected chi connectivity index (χ2v) is 3.39. The Kier molecular flexibility index (Phi) is 2.93. The highest BCUT2D eigenvalue weighted by atomic mass is 16.4. The predicted molar refractivity (Wildman–Crippen MR) is 60.2 cm³/mol. The molecule has 0 fully saturated rings. The summed E-state index contributed by atoms with van der Waals surface area (Å²) < 4.78 is 1.53. The quantitative estimate of drug-likeness (QED) is 0.493. The summed E-state index contributed by atoms with van der Waals surface area (Å²) in [6.45, 7) is -0.157. The monoisotopic (exact) mass is 231 g/mol. The first-order valence-electron chi connectivity index (χ1n) is 4.89. The van der Waals surface area contributed by atoms with Crippen LogP contribution in [-0.4, -0.2) is 20.6 Å². The summed E-state index contributed by atoms with van der Waals surface area (Å²) in [5.74, 6) is -0.512. The first-order valence-corrected chi connectivity index (χ1v) is 4.89. The smallest absolute Gasteiger partial charge is 0.323 e. The van der Waals surface area contributed by atoms with Crippen molar-refractivity contribution in [3.05, 3.63) is 40.5 Å². The number of hydrogen-bond donors (Lipinski definition) is 1. The number of fused-ring (bicyclic) bond motifs is 1. The summed E-state index contributed by atoms with van der Waals surface area (Å²) in [6, 6.07) is 7.19. The Bertz CT molecular complexity index is 612. The van der Waals surface area contributed by atoms with Gasteiger partial charge in [-0.05, 0) is 17.7 Å². The minimum atomic E-state index is -0.963. The van der Waals surface area contributed by atoms with Crippen LogP contribution in [-0.2, 0) is 17.9 Å². The van der Waals surface area contributed by atoms with Gasteiger partial charge in [0.25, 0.3) is 0 Å². The first-order chi connectivity index (χ1) is 8.22. The molecule has 86 valence electrons. The summed E-state index contributed by atoms with van der Waals surface area (Å²) >= 11 is 0. The van der Waals surface area contributed by atoms with Crippen LogP contribution in [0.25, 0.3) is 21.5 Å². The number of aromatic nitrogens is 2. The van der Waals surface area contributed by atoms with Crippen LogP contribution in [0.4, 0.5) is 0 Å². The van der Waals surface area contributed by atoms with Crippen LogP contribution in [0.15, 0.2) is 29.4 Å². The van der Waals surface area contributed by atoms with Crippen molar-refractivity contribution >= 4 is 17.0 Å². The van der Waals surface area contributed by atoms with Gasteiger partial charge in [0.05, 0.1) is 17.6 Å². The second kappa shape index (κ2) is 4.54. The van der Waals surface area contributed by atoms with Gasteiger partial charge < -0.3 is 9.67 Å². The molecule has 2 rings (SSSR count). The Morgan fingerprint density at radius 2 is 2.29 bits per heavy atom. The highest BCUT2D eigenvalue weighted by molar-refractivity contribution is 5.78. The third kappa shape index (κ3) is 2.19. The van der Waals surface area contributed by atoms with E-state index < -0.39 is 5.97 Å². The first kappa shape index (κ1) is 11.0. The van der Waals surface area contributed by atoms with Crippen LogP contribution in [0, 0.1) is 0 Å². The van der Waals surface area contributed by atoms with Crippen molar-refractivity contribution in [2.45, 2.75) is 13.1 Å². The molecule has 1 aromatic carbocycles. The van der Waals surface area contributed by atoms with Gasteiger partial charge in [-0.25, -0.2) is 4.98 Å². The molecule has 0 saturated heterocycles. The largest absolute Gasteiger partial charge is 0.480 e. The topological polar surface area (TPSA) is 104 Å². The number of para-hydroxylation sites is 2. The van der Waals surface area contributed by atoms with E-state index in [1.807, 2.05) is 6.07 Å². The van der Waals surface area contributed by atoms with Crippen molar-refractivity contribution in [3.8, 4) is 0 Å². The van der Waals surface area contributed by atoms with Crippen LogP contribution >= 0.6 is 0 Å². The molecule has 17 heavy (non-hydrogen) atoms. The maximum Gasteiger partial charge on any atom is 0.323 e. The van der Waals surface area contributed by atoms with Gasteiger partial charge in [-0.1, -0.05) is 17.2 Å². The SMILES string of the molecule is [N-]=[N+]=NCc1nc2ccccc2n1CC(=O)O. The van der Waals surface area contributed by atoms with E-state index >= 15 is 0 Å². The van der Waals surface area contributed by atoms with Crippen molar-refractivity contribution in [1.29, 1.82) is 0 Å². The molecule has 7 nitrogen and oxygen atoms in total. The van der Waals surface area contributed by atoms with Gasteiger partial charge in [0.1, 0.15) is 12.4 Å². The highest BCUT2D eigenvalue weighted by Gasteiger charge is 2.11. The minimum Gasteiger partial charge on any atom is -0.480 e. The van der Waals surface area contributed by atoms with Gasteiger partial charge in [0.2, 0.25) is 0 Å². The number of imidazole rings is 1. The molecule has 1 heterocycles. The third-order valence-electron chi connectivity index (χ3n) is 2.30. The molecule has 0 bridgehead atoms. The van der Waals surface area contributed by atoms with Crippen molar-refractivity contribution in [3.63, 3.8) is 0 Å². The summed E-state index contributed by atoms with van der Waals surface area (Å²) in [5, 5.41) is 12.3. The molecule has 0 amide bonds. The number of carboxylic acid groups (broad SMARTS) is 1. The van der Waals surface area contributed by atoms with Gasteiger partial charge in [-0.2, -0.15) is 0 Å². The van der Waals surface area contributed by atoms with Crippen molar-refractivity contribution in [2.75, 3.05) is 0 Å². The molecule has 0 aliphatic rings. The average molecular weight is 231 g/mol. The maximum absolute atomic E-state index is 10.8. The van der Waals surface area contributed by atoms with E-state index in [0.717, 1.165) is 5.52 Å². The van der Waals surface area contributed by atoms with E-state index in [4.69, 9.17) is 10.6 Å². The van der Waals surface area contributed by atoms with Gasteiger partial charge in [0.15, 0.2) is 0 Å². The molecular weight excluding hydrogens is 222 g/mol. The molecule has 7 heteroatoms. The summed E-state index contributed by atoms with van der Waals surface area (Å²) in [6.07, 6.45) is 0. The Labute approximate surface area is 95.9 Å². The number of carbonyl (C=O) groups is 1. The normalized spacial score (nSPS) is 10.1. The lowest BCUT2D eigenvalue weighted by molar-refractivity contribution is -0.137. The molecular formula is C10H9N5O2. The number of azide groups is 1. The summed E-state index contributed by atoms with van der Waals surface area (Å²) in [5.41, 5.74) is 9.69. The van der Waals surface area contributed by atoms with Crippen molar-refractivity contribution in [2.24, 2.45) is 5.11 Å². The lowest BCUT2D eigenvalue weighted by atomic mass is 10.3. The Morgan fingerprint density at radius 1 is 1.53 bits per heavy atom. The number of hydrogen-bond acceptors (Lipinski definition) is 3. The highest BCUT2D eigenvalue weighted by Crippen LogP contribution is 2.16. The second-order valence-electron chi connectivity index (χ2n) is 3.39. The molecule has 0 spiro atoms. The van der Waals surface area contributed by atoms with Gasteiger partial charge in [-0.3, -0.25) is 4.79 Å². The van der Waals surface area contributed by atoms with E-state index in [1.165, 1.54) is 4.57 Å². The number of nitrogens with zero attached hydrogens (tertiary/aromatic N) is 5. The van der Waals surface area contributed by atoms with Crippen LogP contribution in [0.1, 0.15) is 5.82 Å². The minimum absolute atomic E-state index is 0.0401. The summed E-state index contributed by atoms with van der Waals surface area (Å²) in [7, 11) is 0. The van der Waals surface area contributed by atoms with Crippen LogP contribution in [0.3, 0.4) is 0 Å².